The summed E-state index contributed by atoms with van der Waals surface area (Å²) in [6.07, 6.45) is 3.76. The van der Waals surface area contributed by atoms with Crippen LogP contribution >= 0.6 is 11.3 Å². The van der Waals surface area contributed by atoms with Gasteiger partial charge in [0.1, 0.15) is 5.01 Å². The second kappa shape index (κ2) is 5.04. The number of nitrogens with zero attached hydrogens (tertiary/aromatic N) is 2. The van der Waals surface area contributed by atoms with Gasteiger partial charge in [-0.2, -0.15) is 0 Å². The Morgan fingerprint density at radius 1 is 1.33 bits per heavy atom. The first-order chi connectivity index (χ1) is 8.81. The number of thiazole rings is 1. The fraction of sp³-hybridized carbons (Fsp3) is 0.385. The molecule has 0 fully saturated rings. The monoisotopic (exact) mass is 261 g/mol. The molecule has 0 aliphatic carbocycles. The minimum atomic E-state index is 0.00197. The third-order valence-electron chi connectivity index (χ3n) is 3.32. The molecule has 3 rings (SSSR count). The van der Waals surface area contributed by atoms with Gasteiger partial charge in [-0.3, -0.25) is 9.69 Å². The van der Waals surface area contributed by atoms with E-state index in [1.807, 2.05) is 17.6 Å². The van der Waals surface area contributed by atoms with E-state index in [1.54, 1.807) is 17.4 Å². The lowest BCUT2D eigenvalue weighted by Gasteiger charge is -2.17. The zero-order valence-corrected chi connectivity index (χ0v) is 10.9. The molecule has 0 saturated heterocycles. The molecule has 5 heteroatoms. The number of nitrogens with one attached hydrogen (secondary N) is 1. The van der Waals surface area contributed by atoms with Crippen LogP contribution in [0.15, 0.2) is 28.5 Å². The fourth-order valence-electron chi connectivity index (χ4n) is 2.35. The van der Waals surface area contributed by atoms with Gasteiger partial charge in [-0.1, -0.05) is 6.07 Å². The van der Waals surface area contributed by atoms with Gasteiger partial charge in [0.25, 0.3) is 0 Å². The van der Waals surface area contributed by atoms with Gasteiger partial charge in [-0.05, 0) is 12.0 Å². The van der Waals surface area contributed by atoms with Crippen molar-refractivity contribution in [1.29, 1.82) is 0 Å². The van der Waals surface area contributed by atoms with E-state index in [0.29, 0.717) is 0 Å². The van der Waals surface area contributed by atoms with Gasteiger partial charge in [-0.15, -0.1) is 11.3 Å². The number of hydrogen-bond donors (Lipinski definition) is 1. The van der Waals surface area contributed by atoms with Gasteiger partial charge in [0.05, 0.1) is 6.54 Å². The van der Waals surface area contributed by atoms with E-state index < -0.39 is 0 Å². The molecule has 0 bridgehead atoms. The van der Waals surface area contributed by atoms with Gasteiger partial charge < -0.3 is 4.98 Å². The summed E-state index contributed by atoms with van der Waals surface area (Å²) >= 11 is 1.70. The van der Waals surface area contributed by atoms with Crippen molar-refractivity contribution in [3.8, 4) is 0 Å². The zero-order valence-electron chi connectivity index (χ0n) is 10.1. The molecule has 0 unspecified atom stereocenters. The lowest BCUT2D eigenvalue weighted by atomic mass is 10.1. The number of rotatable bonds is 2. The molecule has 2 aromatic heterocycles. The number of aromatic amines is 1. The molecule has 1 aliphatic heterocycles. The van der Waals surface area contributed by atoms with E-state index in [9.17, 15) is 4.79 Å². The zero-order chi connectivity index (χ0) is 12.4. The van der Waals surface area contributed by atoms with Crippen molar-refractivity contribution < 1.29 is 0 Å². The molecule has 2 aromatic rings. The van der Waals surface area contributed by atoms with Gasteiger partial charge in [0.2, 0.25) is 5.56 Å². The van der Waals surface area contributed by atoms with E-state index in [1.165, 1.54) is 5.56 Å². The Morgan fingerprint density at radius 3 is 3.06 bits per heavy atom. The molecule has 0 aromatic carbocycles. The summed E-state index contributed by atoms with van der Waals surface area (Å²) in [7, 11) is 0. The quantitative estimate of drug-likeness (QED) is 0.889. The van der Waals surface area contributed by atoms with Gasteiger partial charge in [-0.25, -0.2) is 4.98 Å². The summed E-state index contributed by atoms with van der Waals surface area (Å²) < 4.78 is 0. The summed E-state index contributed by atoms with van der Waals surface area (Å²) in [5, 5.41) is 3.17. The van der Waals surface area contributed by atoms with Crippen LogP contribution in [0.1, 0.15) is 16.3 Å². The third-order valence-corrected chi connectivity index (χ3v) is 4.08. The van der Waals surface area contributed by atoms with Gasteiger partial charge in [0, 0.05) is 42.8 Å². The predicted octanol–water partition coefficient (Wildman–Crippen LogP) is 1.43. The summed E-state index contributed by atoms with van der Waals surface area (Å²) in [5.41, 5.74) is 2.38. The van der Waals surface area contributed by atoms with Gasteiger partial charge in [0.15, 0.2) is 0 Å². The van der Waals surface area contributed by atoms with Crippen LogP contribution in [0.5, 0.6) is 0 Å². The van der Waals surface area contributed by atoms with E-state index >= 15 is 0 Å². The Hall–Kier alpha value is -1.46. The van der Waals surface area contributed by atoms with Gasteiger partial charge >= 0.3 is 0 Å². The van der Waals surface area contributed by atoms with Crippen molar-refractivity contribution >= 4 is 11.3 Å². The highest BCUT2D eigenvalue weighted by Crippen LogP contribution is 2.15. The summed E-state index contributed by atoms with van der Waals surface area (Å²) in [6, 6.07) is 3.58. The number of pyridine rings is 1. The highest BCUT2D eigenvalue weighted by molar-refractivity contribution is 7.09. The maximum atomic E-state index is 11.3. The molecule has 4 nitrogen and oxygen atoms in total. The standard InChI is InChI=1S/C13H15N3OS/c17-12-2-1-10-3-6-16(7-4-11(10)15-12)9-13-14-5-8-18-13/h1-2,5,8H,3-4,6-7,9H2,(H,15,17). The first-order valence-electron chi connectivity index (χ1n) is 6.13. The maximum Gasteiger partial charge on any atom is 0.248 e. The second-order valence-electron chi connectivity index (χ2n) is 4.53. The molecule has 0 spiro atoms. The Balaban J connectivity index is 1.72. The van der Waals surface area contributed by atoms with E-state index in [2.05, 4.69) is 14.9 Å². The van der Waals surface area contributed by atoms with Crippen LogP contribution in [0.25, 0.3) is 0 Å². The van der Waals surface area contributed by atoms with Crippen LogP contribution in [-0.2, 0) is 19.4 Å². The maximum absolute atomic E-state index is 11.3. The average molecular weight is 261 g/mol. The number of fused-ring (bicyclic) bond motifs is 1. The van der Waals surface area contributed by atoms with E-state index in [-0.39, 0.29) is 5.56 Å². The topological polar surface area (TPSA) is 49.0 Å². The largest absolute Gasteiger partial charge is 0.326 e. The average Bonchev–Trinajstić information content (AvgIpc) is 2.79. The smallest absolute Gasteiger partial charge is 0.248 e. The van der Waals surface area contributed by atoms with Crippen LogP contribution in [0, 0.1) is 0 Å². The van der Waals surface area contributed by atoms with Crippen molar-refractivity contribution in [2.75, 3.05) is 13.1 Å². The Kier molecular flexibility index (Phi) is 3.25. The van der Waals surface area contributed by atoms with Crippen LogP contribution in [-0.4, -0.2) is 28.0 Å². The predicted molar refractivity (Wildman–Crippen MR) is 71.9 cm³/mol. The van der Waals surface area contributed by atoms with Crippen LogP contribution in [0.2, 0.25) is 0 Å². The second-order valence-corrected chi connectivity index (χ2v) is 5.51. The van der Waals surface area contributed by atoms with Crippen molar-refractivity contribution in [1.82, 2.24) is 14.9 Å². The van der Waals surface area contributed by atoms with Crippen LogP contribution < -0.4 is 5.56 Å². The minimum absolute atomic E-state index is 0.00197. The molecule has 94 valence electrons. The van der Waals surface area contributed by atoms with Crippen molar-refractivity contribution in [3.63, 3.8) is 0 Å². The Labute approximate surface area is 109 Å². The fourth-order valence-corrected chi connectivity index (χ4v) is 3.00. The van der Waals surface area contributed by atoms with Crippen LogP contribution in [0.3, 0.4) is 0 Å². The third kappa shape index (κ3) is 2.52. The number of hydrogen-bond acceptors (Lipinski definition) is 4. The Morgan fingerprint density at radius 2 is 2.22 bits per heavy atom. The minimum Gasteiger partial charge on any atom is -0.326 e. The molecule has 1 N–H and O–H groups in total. The first-order valence-corrected chi connectivity index (χ1v) is 7.01. The summed E-state index contributed by atoms with van der Waals surface area (Å²) in [4.78, 5) is 21.0. The summed E-state index contributed by atoms with van der Waals surface area (Å²) in [5.74, 6) is 0. The highest BCUT2D eigenvalue weighted by atomic mass is 32.1. The Bertz CT molecular complexity index is 576. The van der Waals surface area contributed by atoms with Crippen LogP contribution in [0.4, 0.5) is 0 Å². The first kappa shape index (κ1) is 11.6. The van der Waals surface area contributed by atoms with E-state index in [0.717, 1.165) is 43.2 Å². The van der Waals surface area contributed by atoms with Crippen molar-refractivity contribution in [2.45, 2.75) is 19.4 Å². The summed E-state index contributed by atoms with van der Waals surface area (Å²) in [6.45, 7) is 2.92. The van der Waals surface area contributed by atoms with E-state index in [4.69, 9.17) is 0 Å². The lowest BCUT2D eigenvalue weighted by molar-refractivity contribution is 0.278. The molecule has 0 radical (unpaired) electrons. The SMILES string of the molecule is O=c1ccc2c([nH]1)CCN(Cc1nccs1)CC2. The molecule has 0 atom stereocenters. The molecular formula is C13H15N3OS. The lowest BCUT2D eigenvalue weighted by Crippen LogP contribution is -2.25. The molecule has 0 saturated carbocycles. The highest BCUT2D eigenvalue weighted by Gasteiger charge is 2.15. The molecular weight excluding hydrogens is 246 g/mol. The normalized spacial score (nSPS) is 16.2. The molecule has 0 amide bonds. The molecule has 3 heterocycles. The van der Waals surface area contributed by atoms with Crippen molar-refractivity contribution in [3.05, 3.63) is 50.3 Å². The number of aromatic nitrogens is 2. The number of H-pyrrole nitrogens is 1. The molecule has 1 aliphatic rings. The molecule has 18 heavy (non-hydrogen) atoms. The van der Waals surface area contributed by atoms with Crippen molar-refractivity contribution in [2.24, 2.45) is 0 Å².